The van der Waals surface area contributed by atoms with Gasteiger partial charge in [0.15, 0.2) is 0 Å². The fourth-order valence-electron chi connectivity index (χ4n) is 3.10. The third-order valence-electron chi connectivity index (χ3n) is 4.72. The smallest absolute Gasteiger partial charge is 0.243 e. The Labute approximate surface area is 189 Å². The lowest BCUT2D eigenvalue weighted by atomic mass is 10.2. The molecule has 166 valence electrons. The molecule has 0 atom stereocenters. The van der Waals surface area contributed by atoms with E-state index >= 15 is 0 Å². The first-order valence-corrected chi connectivity index (χ1v) is 10.8. The Morgan fingerprint density at radius 3 is 2.16 bits per heavy atom. The summed E-state index contributed by atoms with van der Waals surface area (Å²) in [6, 6.07) is 24.8. The third-order valence-corrected chi connectivity index (χ3v) is 4.72. The van der Waals surface area contributed by atoms with Crippen LogP contribution in [0.1, 0.15) is 25.3 Å². The van der Waals surface area contributed by atoms with Crippen LogP contribution in [0.15, 0.2) is 78.9 Å². The maximum atomic E-state index is 12.3. The van der Waals surface area contributed by atoms with Crippen molar-refractivity contribution in [3.63, 3.8) is 0 Å². The molecule has 0 heterocycles. The quantitative estimate of drug-likeness (QED) is 0.395. The van der Waals surface area contributed by atoms with E-state index in [0.29, 0.717) is 24.4 Å². The zero-order chi connectivity index (χ0) is 22.6. The lowest BCUT2D eigenvalue weighted by molar-refractivity contribution is -0.116. The van der Waals surface area contributed by atoms with Crippen molar-refractivity contribution in [3.05, 3.63) is 84.4 Å². The van der Waals surface area contributed by atoms with Gasteiger partial charge in [-0.1, -0.05) is 43.3 Å². The van der Waals surface area contributed by atoms with Gasteiger partial charge in [0.1, 0.15) is 5.75 Å². The van der Waals surface area contributed by atoms with Crippen LogP contribution in [-0.4, -0.2) is 25.0 Å². The Morgan fingerprint density at radius 2 is 1.47 bits per heavy atom. The van der Waals surface area contributed by atoms with Crippen LogP contribution in [0.3, 0.4) is 0 Å². The number of carbonyl (C=O) groups excluding carboxylic acids is 2. The van der Waals surface area contributed by atoms with Gasteiger partial charge in [0.05, 0.1) is 13.2 Å². The lowest BCUT2D eigenvalue weighted by Crippen LogP contribution is -2.21. The Morgan fingerprint density at radius 1 is 0.781 bits per heavy atom. The first kappa shape index (κ1) is 22.9. The topological polar surface area (TPSA) is 79.5 Å². The van der Waals surface area contributed by atoms with Gasteiger partial charge in [-0.15, -0.1) is 0 Å². The monoisotopic (exact) mass is 431 g/mol. The van der Waals surface area contributed by atoms with Crippen LogP contribution in [0, 0.1) is 0 Å². The van der Waals surface area contributed by atoms with Crippen LogP contribution in [0.4, 0.5) is 17.1 Å². The second-order valence-electron chi connectivity index (χ2n) is 7.39. The van der Waals surface area contributed by atoms with E-state index < -0.39 is 0 Å². The van der Waals surface area contributed by atoms with E-state index in [4.69, 9.17) is 4.74 Å². The number of amides is 2. The lowest BCUT2D eigenvalue weighted by Gasteiger charge is -2.11. The first-order valence-electron chi connectivity index (χ1n) is 10.8. The number of benzene rings is 3. The summed E-state index contributed by atoms with van der Waals surface area (Å²) in [6.07, 6.45) is 2.13. The van der Waals surface area contributed by atoms with Crippen molar-refractivity contribution in [2.24, 2.45) is 0 Å². The van der Waals surface area contributed by atoms with E-state index in [1.165, 1.54) is 5.56 Å². The van der Waals surface area contributed by atoms with Crippen molar-refractivity contribution in [3.8, 4) is 5.75 Å². The Hall–Kier alpha value is -3.80. The van der Waals surface area contributed by atoms with E-state index in [2.05, 4.69) is 28.1 Å². The predicted octanol–water partition coefficient (Wildman–Crippen LogP) is 5.10. The zero-order valence-electron chi connectivity index (χ0n) is 18.3. The summed E-state index contributed by atoms with van der Waals surface area (Å²) in [5.74, 6) is 0.579. The maximum absolute atomic E-state index is 12.3. The summed E-state index contributed by atoms with van der Waals surface area (Å²) in [5.41, 5.74) is 3.42. The van der Waals surface area contributed by atoms with Gasteiger partial charge in [-0.2, -0.15) is 0 Å². The van der Waals surface area contributed by atoms with E-state index in [9.17, 15) is 9.59 Å². The number of rotatable bonds is 11. The van der Waals surface area contributed by atoms with E-state index in [0.717, 1.165) is 24.3 Å². The van der Waals surface area contributed by atoms with Gasteiger partial charge in [-0.3, -0.25) is 9.59 Å². The molecule has 2 amide bonds. The molecule has 0 saturated carbocycles. The molecule has 0 saturated heterocycles. The van der Waals surface area contributed by atoms with Crippen LogP contribution < -0.4 is 20.7 Å². The second-order valence-corrected chi connectivity index (χ2v) is 7.39. The van der Waals surface area contributed by atoms with Gasteiger partial charge in [-0.25, -0.2) is 0 Å². The standard InChI is InChI=1S/C26H29N3O3/c1-2-7-25(30)28-21-12-14-22(15-13-21)29-26(31)19-27-23-10-6-11-24(18-23)32-17-16-20-8-4-3-5-9-20/h3-6,8-15,18,27H,2,7,16-17,19H2,1H3,(H,28,30)(H,29,31). The van der Waals surface area contributed by atoms with Crippen molar-refractivity contribution in [2.45, 2.75) is 26.2 Å². The molecule has 3 rings (SSSR count). The number of hydrogen-bond donors (Lipinski definition) is 3. The molecule has 0 spiro atoms. The minimum atomic E-state index is -0.164. The molecule has 0 aliphatic heterocycles. The Balaban J connectivity index is 1.42. The normalized spacial score (nSPS) is 10.3. The van der Waals surface area contributed by atoms with Crippen LogP contribution >= 0.6 is 0 Å². The molecule has 0 aliphatic carbocycles. The van der Waals surface area contributed by atoms with Gasteiger partial charge >= 0.3 is 0 Å². The minimum absolute atomic E-state index is 0.0141. The molecule has 3 N–H and O–H groups in total. The average molecular weight is 432 g/mol. The van der Waals surface area contributed by atoms with Crippen molar-refractivity contribution in [1.82, 2.24) is 0 Å². The highest BCUT2D eigenvalue weighted by Crippen LogP contribution is 2.18. The number of ether oxygens (including phenoxy) is 1. The second kappa shape index (κ2) is 12.2. The summed E-state index contributed by atoms with van der Waals surface area (Å²) in [7, 11) is 0. The van der Waals surface area contributed by atoms with E-state index in [1.54, 1.807) is 24.3 Å². The number of nitrogens with one attached hydrogen (secondary N) is 3. The molecule has 0 fully saturated rings. The van der Waals surface area contributed by atoms with E-state index in [-0.39, 0.29) is 18.4 Å². The fourth-order valence-corrected chi connectivity index (χ4v) is 3.10. The van der Waals surface area contributed by atoms with E-state index in [1.807, 2.05) is 49.4 Å². The largest absolute Gasteiger partial charge is 0.493 e. The molecule has 3 aromatic carbocycles. The van der Waals surface area contributed by atoms with Crippen LogP contribution in [0.25, 0.3) is 0 Å². The van der Waals surface area contributed by atoms with Gasteiger partial charge in [-0.05, 0) is 48.4 Å². The molecule has 6 heteroatoms. The average Bonchev–Trinajstić information content (AvgIpc) is 2.80. The van der Waals surface area contributed by atoms with Crippen LogP contribution in [0.2, 0.25) is 0 Å². The highest BCUT2D eigenvalue weighted by molar-refractivity contribution is 5.94. The molecule has 6 nitrogen and oxygen atoms in total. The summed E-state index contributed by atoms with van der Waals surface area (Å²) >= 11 is 0. The highest BCUT2D eigenvalue weighted by Gasteiger charge is 2.05. The molecular formula is C26H29N3O3. The first-order chi connectivity index (χ1) is 15.6. The molecule has 0 bridgehead atoms. The van der Waals surface area contributed by atoms with Gasteiger partial charge in [0.25, 0.3) is 0 Å². The Bertz CT molecular complexity index is 1000. The summed E-state index contributed by atoms with van der Waals surface area (Å²) in [4.78, 5) is 23.9. The number of hydrogen-bond acceptors (Lipinski definition) is 4. The molecule has 0 radical (unpaired) electrons. The third kappa shape index (κ3) is 7.80. The maximum Gasteiger partial charge on any atom is 0.243 e. The fraction of sp³-hybridized carbons (Fsp3) is 0.231. The minimum Gasteiger partial charge on any atom is -0.493 e. The molecule has 0 aromatic heterocycles. The Kier molecular flexibility index (Phi) is 8.69. The highest BCUT2D eigenvalue weighted by atomic mass is 16.5. The van der Waals surface area contributed by atoms with Gasteiger partial charge < -0.3 is 20.7 Å². The van der Waals surface area contributed by atoms with Crippen molar-refractivity contribution in [1.29, 1.82) is 0 Å². The molecular weight excluding hydrogens is 402 g/mol. The number of carbonyl (C=O) groups is 2. The SMILES string of the molecule is CCCC(=O)Nc1ccc(NC(=O)CNc2cccc(OCCc3ccccc3)c2)cc1. The van der Waals surface area contributed by atoms with Crippen molar-refractivity contribution < 1.29 is 14.3 Å². The summed E-state index contributed by atoms with van der Waals surface area (Å²) < 4.78 is 5.84. The summed E-state index contributed by atoms with van der Waals surface area (Å²) in [5, 5.41) is 8.78. The predicted molar refractivity (Wildman–Crippen MR) is 129 cm³/mol. The van der Waals surface area contributed by atoms with Crippen LogP contribution in [-0.2, 0) is 16.0 Å². The van der Waals surface area contributed by atoms with Crippen LogP contribution in [0.5, 0.6) is 5.75 Å². The molecule has 0 unspecified atom stereocenters. The molecule has 0 aliphatic rings. The molecule has 32 heavy (non-hydrogen) atoms. The van der Waals surface area contributed by atoms with Crippen molar-refractivity contribution in [2.75, 3.05) is 29.1 Å². The van der Waals surface area contributed by atoms with Crippen molar-refractivity contribution >= 4 is 28.9 Å². The molecule has 3 aromatic rings. The number of anilines is 3. The van der Waals surface area contributed by atoms with Gasteiger partial charge in [0, 0.05) is 36.0 Å². The van der Waals surface area contributed by atoms with Gasteiger partial charge in [0.2, 0.25) is 11.8 Å². The summed E-state index contributed by atoms with van der Waals surface area (Å²) in [6.45, 7) is 2.67. The zero-order valence-corrected chi connectivity index (χ0v) is 18.3.